The Bertz CT molecular complexity index is 1430. The molecule has 43 heavy (non-hydrogen) atoms. The van der Waals surface area contributed by atoms with Crippen LogP contribution >= 0.6 is 0 Å². The molecule has 0 bridgehead atoms. The van der Waals surface area contributed by atoms with Gasteiger partial charge in [0.1, 0.15) is 43.7 Å². The Morgan fingerprint density at radius 2 is 0.977 bits per heavy atom. The van der Waals surface area contributed by atoms with E-state index < -0.39 is 17.9 Å². The van der Waals surface area contributed by atoms with Crippen molar-refractivity contribution in [3.05, 3.63) is 103 Å². The van der Waals surface area contributed by atoms with Crippen LogP contribution in [0.5, 0.6) is 17.2 Å². The molecule has 0 saturated carbocycles. The molecular weight excluding hydrogens is 548 g/mol. The minimum atomic E-state index is -0.483. The van der Waals surface area contributed by atoms with Gasteiger partial charge < -0.3 is 23.7 Å². The Kier molecular flexibility index (Phi) is 11.9. The second-order valence-corrected chi connectivity index (χ2v) is 9.67. The highest BCUT2D eigenvalue weighted by Gasteiger charge is 2.11. The number of benzene rings is 3. The van der Waals surface area contributed by atoms with Gasteiger partial charge in [0.15, 0.2) is 0 Å². The van der Waals surface area contributed by atoms with Gasteiger partial charge in [0.25, 0.3) is 0 Å². The van der Waals surface area contributed by atoms with Crippen LogP contribution < -0.4 is 14.2 Å². The van der Waals surface area contributed by atoms with E-state index in [9.17, 15) is 14.4 Å². The molecule has 0 heterocycles. The molecule has 3 rings (SSSR count). The van der Waals surface area contributed by atoms with E-state index in [1.54, 1.807) is 32.0 Å². The topological polar surface area (TPSA) is 97.4 Å². The average Bonchev–Trinajstić information content (AvgIpc) is 3.01. The second kappa shape index (κ2) is 15.8. The first-order valence-electron chi connectivity index (χ1n) is 13.7. The summed E-state index contributed by atoms with van der Waals surface area (Å²) in [5.41, 5.74) is 4.70. The van der Waals surface area contributed by atoms with Crippen molar-refractivity contribution in [2.45, 2.75) is 27.2 Å². The molecule has 3 aromatic carbocycles. The Labute approximate surface area is 252 Å². The van der Waals surface area contributed by atoms with Crippen LogP contribution in [-0.4, -0.2) is 44.3 Å². The summed E-state index contributed by atoms with van der Waals surface area (Å²) in [6.45, 7) is 16.2. The number of hydrogen-bond acceptors (Lipinski definition) is 8. The third-order valence-corrected chi connectivity index (χ3v) is 6.08. The zero-order valence-electron chi connectivity index (χ0n) is 24.8. The van der Waals surface area contributed by atoms with Gasteiger partial charge in [-0.2, -0.15) is 0 Å². The number of rotatable bonds is 15. The number of hydrogen-bond donors (Lipinski definition) is 0. The number of carbonyl (C=O) groups excluding carboxylic acids is 3. The van der Waals surface area contributed by atoms with Gasteiger partial charge in [-0.05, 0) is 66.8 Å². The summed E-state index contributed by atoms with van der Waals surface area (Å²) in [6.07, 6.45) is 0.529. The zero-order chi connectivity index (χ0) is 31.4. The molecule has 8 heteroatoms. The molecule has 0 fully saturated rings. The van der Waals surface area contributed by atoms with Gasteiger partial charge in [-0.1, -0.05) is 63.1 Å². The Morgan fingerprint density at radius 1 is 0.558 bits per heavy atom. The summed E-state index contributed by atoms with van der Waals surface area (Å²) < 4.78 is 27.3. The van der Waals surface area contributed by atoms with E-state index in [0.29, 0.717) is 40.4 Å². The van der Waals surface area contributed by atoms with Gasteiger partial charge in [-0.3, -0.25) is 0 Å². The van der Waals surface area contributed by atoms with Gasteiger partial charge in [0, 0.05) is 22.8 Å². The van der Waals surface area contributed by atoms with E-state index in [1.807, 2.05) is 55.5 Å². The Balaban J connectivity index is 1.74. The van der Waals surface area contributed by atoms with Crippen molar-refractivity contribution in [3.8, 4) is 39.5 Å². The first-order chi connectivity index (χ1) is 20.6. The van der Waals surface area contributed by atoms with Crippen LogP contribution in [0.15, 0.2) is 103 Å². The van der Waals surface area contributed by atoms with Crippen LogP contribution in [0.1, 0.15) is 27.2 Å². The van der Waals surface area contributed by atoms with Crippen LogP contribution in [0.4, 0.5) is 0 Å². The highest BCUT2D eigenvalue weighted by Crippen LogP contribution is 2.32. The first-order valence-corrected chi connectivity index (χ1v) is 13.7. The van der Waals surface area contributed by atoms with E-state index in [0.717, 1.165) is 22.3 Å². The van der Waals surface area contributed by atoms with Crippen molar-refractivity contribution in [2.75, 3.05) is 26.4 Å². The van der Waals surface area contributed by atoms with Gasteiger partial charge in [-0.25, -0.2) is 14.4 Å². The van der Waals surface area contributed by atoms with E-state index in [4.69, 9.17) is 23.7 Å². The van der Waals surface area contributed by atoms with Crippen LogP contribution in [-0.2, 0) is 23.9 Å². The lowest BCUT2D eigenvalue weighted by Gasteiger charge is -2.14. The van der Waals surface area contributed by atoms with E-state index in [-0.39, 0.29) is 26.4 Å². The molecule has 0 aliphatic rings. The molecule has 0 amide bonds. The largest absolute Gasteiger partial charge is 0.490 e. The van der Waals surface area contributed by atoms with Crippen LogP contribution in [0.3, 0.4) is 0 Å². The normalized spacial score (nSPS) is 10.3. The molecule has 0 atom stereocenters. The Hall–Kier alpha value is -5.11. The fourth-order valence-corrected chi connectivity index (χ4v) is 3.63. The fraction of sp³-hybridized carbons (Fsp3) is 0.229. The molecule has 0 aliphatic carbocycles. The van der Waals surface area contributed by atoms with E-state index in [1.165, 1.54) is 0 Å². The monoisotopic (exact) mass is 584 g/mol. The molecule has 0 saturated heterocycles. The van der Waals surface area contributed by atoms with Crippen molar-refractivity contribution in [1.82, 2.24) is 0 Å². The van der Waals surface area contributed by atoms with Gasteiger partial charge >= 0.3 is 17.9 Å². The molecule has 0 N–H and O–H groups in total. The lowest BCUT2D eigenvalue weighted by atomic mass is 10.00. The maximum Gasteiger partial charge on any atom is 0.338 e. The lowest BCUT2D eigenvalue weighted by Crippen LogP contribution is -2.13. The maximum atomic E-state index is 12.0. The third-order valence-electron chi connectivity index (χ3n) is 6.08. The summed E-state index contributed by atoms with van der Waals surface area (Å²) in [7, 11) is 0. The van der Waals surface area contributed by atoms with Crippen LogP contribution in [0.25, 0.3) is 22.3 Å². The van der Waals surface area contributed by atoms with Crippen molar-refractivity contribution in [3.63, 3.8) is 0 Å². The van der Waals surface area contributed by atoms with E-state index in [2.05, 4.69) is 19.7 Å². The third kappa shape index (κ3) is 10.0. The molecule has 0 spiro atoms. The van der Waals surface area contributed by atoms with Crippen molar-refractivity contribution in [1.29, 1.82) is 0 Å². The molecule has 0 aromatic heterocycles. The predicted molar refractivity (Wildman–Crippen MR) is 165 cm³/mol. The average molecular weight is 585 g/mol. The fourth-order valence-electron chi connectivity index (χ4n) is 3.63. The molecule has 0 unspecified atom stereocenters. The summed E-state index contributed by atoms with van der Waals surface area (Å²) in [4.78, 5) is 35.3. The summed E-state index contributed by atoms with van der Waals surface area (Å²) in [5.74, 6) is 0.0752. The van der Waals surface area contributed by atoms with Gasteiger partial charge in [0.2, 0.25) is 0 Å². The highest BCUT2D eigenvalue weighted by atomic mass is 16.6. The second-order valence-electron chi connectivity index (χ2n) is 9.67. The SMILES string of the molecule is C=C(C)C(=O)OCCOc1cc(OCCOC(=O)C(=C)C)cc(-c2ccc(-c3ccc(OC(=O)C(=C)CC)cc3)cc2)c1. The lowest BCUT2D eigenvalue weighted by molar-refractivity contribution is -0.140. The molecule has 3 aromatic rings. The van der Waals surface area contributed by atoms with E-state index >= 15 is 0 Å². The molecule has 0 aliphatic heterocycles. The smallest absolute Gasteiger partial charge is 0.338 e. The van der Waals surface area contributed by atoms with Crippen molar-refractivity contribution >= 4 is 17.9 Å². The minimum absolute atomic E-state index is 0.0585. The quantitative estimate of drug-likeness (QED) is 0.0825. The number of esters is 3. The zero-order valence-corrected chi connectivity index (χ0v) is 24.8. The predicted octanol–water partition coefficient (Wildman–Crippen LogP) is 6.89. The van der Waals surface area contributed by atoms with Gasteiger partial charge in [0.05, 0.1) is 0 Å². The maximum absolute atomic E-state index is 12.0. The van der Waals surface area contributed by atoms with Crippen molar-refractivity contribution in [2.24, 2.45) is 0 Å². The highest BCUT2D eigenvalue weighted by molar-refractivity contribution is 5.89. The standard InChI is InChI=1S/C35H36O8/c1-7-25(6)35(38)43-30-14-12-27(13-15-30)26-8-10-28(11-9-26)29-20-31(39-16-18-41-33(36)23(2)3)22-32(21-29)40-17-19-42-34(37)24(4)5/h8-15,20-22H,2,4,6-7,16-19H2,1,3,5H3. The van der Waals surface area contributed by atoms with Crippen molar-refractivity contribution < 1.29 is 38.1 Å². The Morgan fingerprint density at radius 3 is 1.40 bits per heavy atom. The first kappa shape index (κ1) is 32.4. The number of carbonyl (C=O) groups is 3. The molecular formula is C35H36O8. The molecule has 8 nitrogen and oxygen atoms in total. The summed E-state index contributed by atoms with van der Waals surface area (Å²) in [6, 6.07) is 20.6. The number of ether oxygens (including phenoxy) is 5. The summed E-state index contributed by atoms with van der Waals surface area (Å²) >= 11 is 0. The minimum Gasteiger partial charge on any atom is -0.490 e. The molecule has 0 radical (unpaired) electrons. The van der Waals surface area contributed by atoms with Crippen LogP contribution in [0.2, 0.25) is 0 Å². The van der Waals surface area contributed by atoms with Gasteiger partial charge in [-0.15, -0.1) is 0 Å². The molecule has 224 valence electrons. The van der Waals surface area contributed by atoms with Crippen LogP contribution in [0, 0.1) is 0 Å². The summed E-state index contributed by atoms with van der Waals surface area (Å²) in [5, 5.41) is 0.